The summed E-state index contributed by atoms with van der Waals surface area (Å²) in [5.41, 5.74) is 13.2. The molecule has 1 aromatic carbocycles. The lowest BCUT2D eigenvalue weighted by Gasteiger charge is -2.28. The van der Waals surface area contributed by atoms with Crippen LogP contribution < -0.4 is 22.1 Å². The fourth-order valence-corrected chi connectivity index (χ4v) is 4.42. The van der Waals surface area contributed by atoms with E-state index in [2.05, 4.69) is 15.6 Å². The molecular formula is C24H32N6O7. The number of carboxylic acid groups (broad SMARTS) is 1. The van der Waals surface area contributed by atoms with E-state index in [1.807, 2.05) is 24.3 Å². The van der Waals surface area contributed by atoms with Crippen molar-refractivity contribution < 1.29 is 34.2 Å². The van der Waals surface area contributed by atoms with Crippen molar-refractivity contribution in [2.75, 3.05) is 13.2 Å². The molecule has 0 radical (unpaired) electrons. The van der Waals surface area contributed by atoms with Gasteiger partial charge in [-0.3, -0.25) is 19.2 Å². The Kier molecular flexibility index (Phi) is 9.20. The summed E-state index contributed by atoms with van der Waals surface area (Å²) in [5, 5.41) is 23.8. The number of aromatic nitrogens is 1. The minimum atomic E-state index is -1.59. The van der Waals surface area contributed by atoms with Gasteiger partial charge in [0.1, 0.15) is 18.1 Å². The lowest BCUT2D eigenvalue weighted by molar-refractivity contribution is -0.144. The van der Waals surface area contributed by atoms with Crippen LogP contribution in [0.2, 0.25) is 0 Å². The first-order chi connectivity index (χ1) is 17.6. The maximum Gasteiger partial charge on any atom is 0.328 e. The third-order valence-electron chi connectivity index (χ3n) is 6.38. The fourth-order valence-electron chi connectivity index (χ4n) is 4.42. The number of carbonyl (C=O) groups is 5. The van der Waals surface area contributed by atoms with Crippen LogP contribution in [0, 0.1) is 0 Å². The summed E-state index contributed by atoms with van der Waals surface area (Å²) < 4.78 is 0. The topological polar surface area (TPSA) is 221 Å². The minimum absolute atomic E-state index is 0.189. The highest BCUT2D eigenvalue weighted by molar-refractivity contribution is 5.95. The molecule has 0 bridgehead atoms. The number of carboxylic acids is 1. The molecule has 4 unspecified atom stereocenters. The molecule has 0 spiro atoms. The molecule has 3 rings (SSSR count). The van der Waals surface area contributed by atoms with Crippen molar-refractivity contribution in [3.63, 3.8) is 0 Å². The Labute approximate surface area is 212 Å². The molecule has 4 amide bonds. The van der Waals surface area contributed by atoms with Crippen molar-refractivity contribution in [1.82, 2.24) is 20.5 Å². The molecule has 4 atom stereocenters. The summed E-state index contributed by atoms with van der Waals surface area (Å²) in [4.78, 5) is 65.9. The van der Waals surface area contributed by atoms with Crippen molar-refractivity contribution in [2.45, 2.75) is 56.3 Å². The highest BCUT2D eigenvalue weighted by atomic mass is 16.4. The molecule has 1 aliphatic rings. The number of benzene rings is 1. The third kappa shape index (κ3) is 6.83. The highest BCUT2D eigenvalue weighted by Crippen LogP contribution is 2.22. The Balaban J connectivity index is 1.68. The molecule has 1 aromatic heterocycles. The van der Waals surface area contributed by atoms with E-state index >= 15 is 0 Å². The Hall–Kier alpha value is -3.97. The number of aliphatic hydroxyl groups excluding tert-OH is 1. The number of likely N-dealkylation sites (tertiary alicyclic amines) is 1. The second-order valence-corrected chi connectivity index (χ2v) is 9.01. The second kappa shape index (κ2) is 12.3. The first-order valence-corrected chi connectivity index (χ1v) is 12.0. The van der Waals surface area contributed by atoms with Gasteiger partial charge in [-0.2, -0.15) is 0 Å². The molecule has 37 heavy (non-hydrogen) atoms. The number of aliphatic hydroxyl groups is 1. The van der Waals surface area contributed by atoms with Crippen LogP contribution in [0.3, 0.4) is 0 Å². The Morgan fingerprint density at radius 1 is 1.14 bits per heavy atom. The number of H-pyrrole nitrogens is 1. The predicted molar refractivity (Wildman–Crippen MR) is 132 cm³/mol. The summed E-state index contributed by atoms with van der Waals surface area (Å²) in [6.45, 7) is -0.557. The van der Waals surface area contributed by atoms with Gasteiger partial charge in [0.25, 0.3) is 0 Å². The van der Waals surface area contributed by atoms with Crippen LogP contribution in [0.25, 0.3) is 10.9 Å². The van der Waals surface area contributed by atoms with E-state index in [-0.39, 0.29) is 19.3 Å². The Morgan fingerprint density at radius 3 is 2.54 bits per heavy atom. The maximum atomic E-state index is 13.2. The van der Waals surface area contributed by atoms with Gasteiger partial charge in [-0.05, 0) is 37.3 Å². The van der Waals surface area contributed by atoms with Crippen molar-refractivity contribution >= 4 is 40.5 Å². The smallest absolute Gasteiger partial charge is 0.328 e. The van der Waals surface area contributed by atoms with Crippen molar-refractivity contribution in [2.24, 2.45) is 11.5 Å². The monoisotopic (exact) mass is 516 g/mol. The number of hydrogen-bond acceptors (Lipinski definition) is 7. The SMILES string of the molecule is NC(=O)CCC(NC(=O)C1CCCN1C(=O)C(N)Cc1c[nH]c2ccccc12)C(=O)NC(CO)C(=O)O. The molecular weight excluding hydrogens is 484 g/mol. The van der Waals surface area contributed by atoms with E-state index in [9.17, 15) is 29.1 Å². The van der Waals surface area contributed by atoms with Crippen LogP contribution in [-0.4, -0.2) is 87.0 Å². The van der Waals surface area contributed by atoms with E-state index in [0.29, 0.717) is 19.4 Å². The number of fused-ring (bicyclic) bond motifs is 1. The quantitative estimate of drug-likeness (QED) is 0.173. The molecule has 13 heteroatoms. The van der Waals surface area contributed by atoms with E-state index in [1.54, 1.807) is 6.20 Å². The van der Waals surface area contributed by atoms with E-state index in [0.717, 1.165) is 16.5 Å². The van der Waals surface area contributed by atoms with Crippen LogP contribution in [0.5, 0.6) is 0 Å². The van der Waals surface area contributed by atoms with Crippen LogP contribution in [-0.2, 0) is 30.4 Å². The number of nitrogens with zero attached hydrogens (tertiary/aromatic N) is 1. The largest absolute Gasteiger partial charge is 0.480 e. The number of aliphatic carboxylic acids is 1. The van der Waals surface area contributed by atoms with Crippen molar-refractivity contribution in [3.8, 4) is 0 Å². The van der Waals surface area contributed by atoms with Gasteiger partial charge in [0.2, 0.25) is 23.6 Å². The predicted octanol–water partition coefficient (Wildman–Crippen LogP) is -1.66. The lowest BCUT2D eigenvalue weighted by Crippen LogP contribution is -2.57. The fraction of sp³-hybridized carbons (Fsp3) is 0.458. The molecule has 2 heterocycles. The van der Waals surface area contributed by atoms with Gasteiger partial charge in [0.05, 0.1) is 12.6 Å². The van der Waals surface area contributed by atoms with Crippen molar-refractivity contribution in [3.05, 3.63) is 36.0 Å². The van der Waals surface area contributed by atoms with E-state index in [1.165, 1.54) is 4.90 Å². The summed E-state index contributed by atoms with van der Waals surface area (Å²) in [7, 11) is 0. The number of para-hydroxylation sites is 1. The Bertz CT molecular complexity index is 1170. The molecule has 200 valence electrons. The van der Waals surface area contributed by atoms with Gasteiger partial charge in [-0.25, -0.2) is 4.79 Å². The first kappa shape index (κ1) is 27.6. The Morgan fingerprint density at radius 2 is 1.86 bits per heavy atom. The van der Waals surface area contributed by atoms with Gasteiger partial charge < -0.3 is 42.2 Å². The van der Waals surface area contributed by atoms with Gasteiger partial charge in [-0.15, -0.1) is 0 Å². The molecule has 1 fully saturated rings. The normalized spacial score (nSPS) is 17.7. The molecule has 13 nitrogen and oxygen atoms in total. The van der Waals surface area contributed by atoms with Crippen LogP contribution in [0.1, 0.15) is 31.2 Å². The average Bonchev–Trinajstić information content (AvgIpc) is 3.51. The molecule has 1 saturated heterocycles. The average molecular weight is 517 g/mol. The van der Waals surface area contributed by atoms with E-state index < -0.39 is 60.4 Å². The van der Waals surface area contributed by atoms with Gasteiger partial charge >= 0.3 is 5.97 Å². The zero-order chi connectivity index (χ0) is 27.1. The number of nitrogens with two attached hydrogens (primary N) is 2. The molecule has 1 aliphatic heterocycles. The zero-order valence-electron chi connectivity index (χ0n) is 20.2. The van der Waals surface area contributed by atoms with Crippen LogP contribution >= 0.6 is 0 Å². The standard InChI is InChI=1S/C24H32N6O7/c25-15(10-13-11-27-16-5-2-1-4-14(13)16)23(35)30-9-3-6-19(30)22(34)28-17(7-8-20(26)32)21(33)29-18(12-31)24(36)37/h1-2,4-5,11,15,17-19,27,31H,3,6-10,12,25H2,(H2,26,32)(H,28,34)(H,29,33)(H,36,37). The number of hydrogen-bond donors (Lipinski definition) is 7. The van der Waals surface area contributed by atoms with Gasteiger partial charge in [0.15, 0.2) is 0 Å². The molecule has 2 aromatic rings. The summed E-state index contributed by atoms with van der Waals surface area (Å²) in [6, 6.07) is 2.94. The summed E-state index contributed by atoms with van der Waals surface area (Å²) in [6.07, 6.45) is 2.51. The number of amides is 4. The van der Waals surface area contributed by atoms with E-state index in [4.69, 9.17) is 16.6 Å². The first-order valence-electron chi connectivity index (χ1n) is 12.0. The number of nitrogens with one attached hydrogen (secondary N) is 3. The molecule has 0 saturated carbocycles. The van der Waals surface area contributed by atoms with Crippen LogP contribution in [0.4, 0.5) is 0 Å². The number of rotatable bonds is 12. The lowest BCUT2D eigenvalue weighted by atomic mass is 10.0. The molecule has 9 N–H and O–H groups in total. The highest BCUT2D eigenvalue weighted by Gasteiger charge is 2.38. The number of primary amides is 1. The zero-order valence-corrected chi connectivity index (χ0v) is 20.2. The van der Waals surface area contributed by atoms with Crippen LogP contribution in [0.15, 0.2) is 30.5 Å². The van der Waals surface area contributed by atoms with Gasteiger partial charge in [0, 0.05) is 30.1 Å². The minimum Gasteiger partial charge on any atom is -0.480 e. The van der Waals surface area contributed by atoms with Gasteiger partial charge in [-0.1, -0.05) is 18.2 Å². The number of aromatic amines is 1. The summed E-state index contributed by atoms with van der Waals surface area (Å²) in [5.74, 6) is -4.13. The number of carbonyl (C=O) groups excluding carboxylic acids is 4. The maximum absolute atomic E-state index is 13.2. The third-order valence-corrected chi connectivity index (χ3v) is 6.38. The van der Waals surface area contributed by atoms with Crippen molar-refractivity contribution in [1.29, 1.82) is 0 Å². The molecule has 0 aliphatic carbocycles. The summed E-state index contributed by atoms with van der Waals surface area (Å²) >= 11 is 0. The second-order valence-electron chi connectivity index (χ2n) is 9.01.